The molecule has 1 heterocycles. The van der Waals surface area contributed by atoms with Crippen molar-refractivity contribution in [1.82, 2.24) is 9.55 Å². The molecule has 0 saturated heterocycles. The Bertz CT molecular complexity index is 636. The van der Waals surface area contributed by atoms with Crippen LogP contribution < -0.4 is 0 Å². The van der Waals surface area contributed by atoms with Gasteiger partial charge in [0.1, 0.15) is 5.69 Å². The molecule has 19 heavy (non-hydrogen) atoms. The van der Waals surface area contributed by atoms with Gasteiger partial charge in [0, 0.05) is 5.02 Å². The van der Waals surface area contributed by atoms with Crippen molar-refractivity contribution in [3.8, 4) is 0 Å². The van der Waals surface area contributed by atoms with E-state index < -0.39 is 0 Å². The van der Waals surface area contributed by atoms with Gasteiger partial charge in [-0.1, -0.05) is 17.7 Å². The minimum atomic E-state index is -0.361. The van der Waals surface area contributed by atoms with Crippen molar-refractivity contribution in [2.24, 2.45) is 0 Å². The molecule has 3 rings (SSSR count). The largest absolute Gasteiger partial charge is 0.464 e. The first-order valence-corrected chi connectivity index (χ1v) is 6.47. The highest BCUT2D eigenvalue weighted by molar-refractivity contribution is 6.30. The third-order valence-corrected chi connectivity index (χ3v) is 3.78. The lowest BCUT2D eigenvalue weighted by atomic mass is 10.1. The second-order valence-electron chi connectivity index (χ2n) is 4.58. The first kappa shape index (κ1) is 12.2. The van der Waals surface area contributed by atoms with E-state index in [1.165, 1.54) is 18.2 Å². The van der Waals surface area contributed by atoms with E-state index in [0.717, 1.165) is 17.9 Å². The minimum Gasteiger partial charge on any atom is -0.464 e. The zero-order valence-corrected chi connectivity index (χ0v) is 11.2. The molecule has 5 heteroatoms. The molecule has 0 saturated carbocycles. The number of carbonyl (C=O) groups is 1. The molecular formula is C14H13ClN2O2. The normalized spacial score (nSPS) is 17.3. The topological polar surface area (TPSA) is 44.1 Å². The summed E-state index contributed by atoms with van der Waals surface area (Å²) in [7, 11) is 1.38. The Morgan fingerprint density at radius 2 is 2.37 bits per heavy atom. The molecule has 1 aliphatic rings. The number of rotatable bonds is 2. The van der Waals surface area contributed by atoms with Crippen molar-refractivity contribution in [2.75, 3.05) is 7.11 Å². The van der Waals surface area contributed by atoms with E-state index in [1.807, 2.05) is 22.8 Å². The van der Waals surface area contributed by atoms with Gasteiger partial charge in [-0.15, -0.1) is 0 Å². The summed E-state index contributed by atoms with van der Waals surface area (Å²) in [5, 5.41) is 0.748. The van der Waals surface area contributed by atoms with Gasteiger partial charge >= 0.3 is 5.97 Å². The number of methoxy groups -OCH3 is 1. The van der Waals surface area contributed by atoms with Crippen molar-refractivity contribution in [3.63, 3.8) is 0 Å². The molecular weight excluding hydrogens is 264 g/mol. The number of carbonyl (C=O) groups excluding carboxylic acids is 1. The number of hydrogen-bond acceptors (Lipinski definition) is 3. The molecule has 0 spiro atoms. The summed E-state index contributed by atoms with van der Waals surface area (Å²) in [6, 6.07) is 6.03. The van der Waals surface area contributed by atoms with E-state index in [0.29, 0.717) is 5.69 Å². The van der Waals surface area contributed by atoms with Crippen molar-refractivity contribution < 1.29 is 9.53 Å². The zero-order chi connectivity index (χ0) is 13.4. The van der Waals surface area contributed by atoms with Gasteiger partial charge in [0.2, 0.25) is 0 Å². The standard InChI is InChI=1S/C14H13ClN2O2/c1-19-14(18)13-7-16-8-17(13)12-5-2-9-6-10(15)3-4-11(9)12/h3-4,6-8,12H,2,5H2,1H3. The van der Waals surface area contributed by atoms with E-state index >= 15 is 0 Å². The molecule has 0 bridgehead atoms. The van der Waals surface area contributed by atoms with Crippen LogP contribution in [0.15, 0.2) is 30.7 Å². The fourth-order valence-corrected chi connectivity index (χ4v) is 2.86. The lowest BCUT2D eigenvalue weighted by molar-refractivity contribution is 0.0587. The van der Waals surface area contributed by atoms with E-state index in [-0.39, 0.29) is 12.0 Å². The van der Waals surface area contributed by atoms with E-state index in [9.17, 15) is 4.79 Å². The van der Waals surface area contributed by atoms with Gasteiger partial charge in [-0.05, 0) is 36.1 Å². The number of hydrogen-bond donors (Lipinski definition) is 0. The summed E-state index contributed by atoms with van der Waals surface area (Å²) in [4.78, 5) is 15.8. The molecule has 1 aromatic carbocycles. The smallest absolute Gasteiger partial charge is 0.356 e. The summed E-state index contributed by atoms with van der Waals surface area (Å²) in [5.41, 5.74) is 2.92. The Labute approximate surface area is 116 Å². The Hall–Kier alpha value is -1.81. The van der Waals surface area contributed by atoms with E-state index in [4.69, 9.17) is 16.3 Å². The zero-order valence-electron chi connectivity index (χ0n) is 10.5. The van der Waals surface area contributed by atoms with Crippen LogP contribution in [-0.4, -0.2) is 22.6 Å². The van der Waals surface area contributed by atoms with Crippen LogP contribution >= 0.6 is 11.6 Å². The molecule has 0 radical (unpaired) electrons. The molecule has 0 aliphatic heterocycles. The quantitative estimate of drug-likeness (QED) is 0.792. The molecule has 1 atom stereocenters. The van der Waals surface area contributed by atoms with Crippen LogP contribution in [0, 0.1) is 0 Å². The minimum absolute atomic E-state index is 0.129. The fraction of sp³-hybridized carbons (Fsp3) is 0.286. The van der Waals surface area contributed by atoms with Gasteiger partial charge in [0.05, 0.1) is 25.7 Å². The maximum atomic E-state index is 11.7. The lowest BCUT2D eigenvalue weighted by Crippen LogP contribution is -2.14. The molecule has 0 fully saturated rings. The third-order valence-electron chi connectivity index (χ3n) is 3.55. The van der Waals surface area contributed by atoms with Crippen LogP contribution in [0.4, 0.5) is 0 Å². The van der Waals surface area contributed by atoms with Crippen LogP contribution in [0.25, 0.3) is 0 Å². The fourth-order valence-electron chi connectivity index (χ4n) is 2.67. The second kappa shape index (κ2) is 4.70. The Balaban J connectivity index is 2.02. The molecule has 1 aliphatic carbocycles. The van der Waals surface area contributed by atoms with Gasteiger partial charge in [0.25, 0.3) is 0 Å². The van der Waals surface area contributed by atoms with Gasteiger partial charge in [-0.25, -0.2) is 9.78 Å². The predicted octanol–water partition coefficient (Wildman–Crippen LogP) is 2.86. The molecule has 1 aromatic heterocycles. The summed E-state index contributed by atoms with van der Waals surface area (Å²) >= 11 is 6.01. The Kier molecular flexibility index (Phi) is 3.03. The first-order chi connectivity index (χ1) is 9.20. The number of benzene rings is 1. The van der Waals surface area contributed by atoms with Gasteiger partial charge < -0.3 is 9.30 Å². The van der Waals surface area contributed by atoms with Gasteiger partial charge in [0.15, 0.2) is 0 Å². The third kappa shape index (κ3) is 2.02. The number of aryl methyl sites for hydroxylation is 1. The van der Waals surface area contributed by atoms with Crippen molar-refractivity contribution in [3.05, 3.63) is 52.6 Å². The van der Waals surface area contributed by atoms with E-state index in [2.05, 4.69) is 4.98 Å². The maximum absolute atomic E-state index is 11.7. The second-order valence-corrected chi connectivity index (χ2v) is 5.01. The average Bonchev–Trinajstić information content (AvgIpc) is 3.02. The number of esters is 1. The molecule has 98 valence electrons. The number of aromatic nitrogens is 2. The molecule has 0 amide bonds. The average molecular weight is 277 g/mol. The van der Waals surface area contributed by atoms with Crippen LogP contribution in [0.2, 0.25) is 5.02 Å². The molecule has 1 unspecified atom stereocenters. The number of fused-ring (bicyclic) bond motifs is 1. The van der Waals surface area contributed by atoms with Crippen LogP contribution in [0.5, 0.6) is 0 Å². The molecule has 0 N–H and O–H groups in total. The maximum Gasteiger partial charge on any atom is 0.356 e. The monoisotopic (exact) mass is 276 g/mol. The van der Waals surface area contributed by atoms with Crippen molar-refractivity contribution >= 4 is 17.6 Å². The van der Waals surface area contributed by atoms with Crippen LogP contribution in [-0.2, 0) is 11.2 Å². The molecule has 2 aromatic rings. The first-order valence-electron chi connectivity index (χ1n) is 6.09. The lowest BCUT2D eigenvalue weighted by Gasteiger charge is -2.16. The Morgan fingerprint density at radius 3 is 3.16 bits per heavy atom. The SMILES string of the molecule is COC(=O)c1cncn1C1CCc2cc(Cl)ccc21. The summed E-state index contributed by atoms with van der Waals surface area (Å²) in [6.45, 7) is 0. The summed E-state index contributed by atoms with van der Waals surface area (Å²) in [6.07, 6.45) is 5.12. The summed E-state index contributed by atoms with van der Waals surface area (Å²) < 4.78 is 6.66. The highest BCUT2D eigenvalue weighted by Gasteiger charge is 2.27. The highest BCUT2D eigenvalue weighted by atomic mass is 35.5. The van der Waals surface area contributed by atoms with Gasteiger partial charge in [-0.3, -0.25) is 0 Å². The van der Waals surface area contributed by atoms with Crippen molar-refractivity contribution in [1.29, 1.82) is 0 Å². The summed E-state index contributed by atoms with van der Waals surface area (Å²) in [5.74, 6) is -0.361. The van der Waals surface area contributed by atoms with Gasteiger partial charge in [-0.2, -0.15) is 0 Å². The number of imidazole rings is 1. The van der Waals surface area contributed by atoms with E-state index in [1.54, 1.807) is 12.5 Å². The van der Waals surface area contributed by atoms with Crippen LogP contribution in [0.1, 0.15) is 34.1 Å². The van der Waals surface area contributed by atoms with Crippen LogP contribution in [0.3, 0.4) is 0 Å². The van der Waals surface area contributed by atoms with Crippen molar-refractivity contribution in [2.45, 2.75) is 18.9 Å². The number of ether oxygens (including phenoxy) is 1. The Morgan fingerprint density at radius 1 is 1.53 bits per heavy atom. The number of nitrogens with zero attached hydrogens (tertiary/aromatic N) is 2. The number of halogens is 1. The highest BCUT2D eigenvalue weighted by Crippen LogP contribution is 2.36. The predicted molar refractivity (Wildman–Crippen MR) is 71.5 cm³/mol. The molecule has 4 nitrogen and oxygen atoms in total.